The minimum atomic E-state index is -3.22. The van der Waals surface area contributed by atoms with E-state index in [0.717, 1.165) is 38.0 Å². The predicted molar refractivity (Wildman–Crippen MR) is 119 cm³/mol. The van der Waals surface area contributed by atoms with Gasteiger partial charge in [0.15, 0.2) is 9.84 Å². The molecule has 0 spiro atoms. The van der Waals surface area contributed by atoms with E-state index in [9.17, 15) is 13.2 Å². The van der Waals surface area contributed by atoms with Gasteiger partial charge in [-0.25, -0.2) is 13.2 Å². The SMILES string of the molecule is CCNC(=O)N(Cc1ccc(S(C)(=O)=O)cc1)C1CCN(Cc2ccccc2)CC1. The van der Waals surface area contributed by atoms with Crippen LogP contribution in [-0.4, -0.2) is 56.2 Å². The van der Waals surface area contributed by atoms with Crippen molar-refractivity contribution in [2.45, 2.75) is 43.8 Å². The van der Waals surface area contributed by atoms with E-state index in [2.05, 4.69) is 34.5 Å². The fraction of sp³-hybridized carbons (Fsp3) is 0.435. The number of nitrogens with one attached hydrogen (secondary N) is 1. The maximum absolute atomic E-state index is 12.8. The van der Waals surface area contributed by atoms with Crippen molar-refractivity contribution in [3.8, 4) is 0 Å². The van der Waals surface area contributed by atoms with Crippen molar-refractivity contribution in [3.05, 3.63) is 65.7 Å². The number of piperidine rings is 1. The number of hydrogen-bond acceptors (Lipinski definition) is 4. The lowest BCUT2D eigenvalue weighted by Gasteiger charge is -2.38. The second-order valence-electron chi connectivity index (χ2n) is 7.87. The molecule has 162 valence electrons. The second-order valence-corrected chi connectivity index (χ2v) is 9.89. The number of carbonyl (C=O) groups is 1. The molecule has 0 unspecified atom stereocenters. The summed E-state index contributed by atoms with van der Waals surface area (Å²) in [4.78, 5) is 17.4. The number of urea groups is 1. The lowest BCUT2D eigenvalue weighted by molar-refractivity contribution is 0.113. The van der Waals surface area contributed by atoms with Crippen LogP contribution in [0.1, 0.15) is 30.9 Å². The number of benzene rings is 2. The van der Waals surface area contributed by atoms with Crippen molar-refractivity contribution in [1.29, 1.82) is 0 Å². The third-order valence-electron chi connectivity index (χ3n) is 5.54. The Morgan fingerprint density at radius 2 is 1.67 bits per heavy atom. The van der Waals surface area contributed by atoms with Crippen LogP contribution in [0.15, 0.2) is 59.5 Å². The van der Waals surface area contributed by atoms with Crippen molar-refractivity contribution in [2.75, 3.05) is 25.9 Å². The first-order valence-electron chi connectivity index (χ1n) is 10.5. The molecule has 2 aromatic rings. The molecule has 0 bridgehead atoms. The molecular formula is C23H31N3O3S. The van der Waals surface area contributed by atoms with Gasteiger partial charge in [-0.05, 0) is 43.0 Å². The normalized spacial score (nSPS) is 15.7. The van der Waals surface area contributed by atoms with E-state index in [1.807, 2.05) is 17.9 Å². The highest BCUT2D eigenvalue weighted by atomic mass is 32.2. The van der Waals surface area contributed by atoms with Crippen molar-refractivity contribution in [1.82, 2.24) is 15.1 Å². The minimum Gasteiger partial charge on any atom is -0.338 e. The van der Waals surface area contributed by atoms with Gasteiger partial charge in [0.1, 0.15) is 0 Å². The molecule has 30 heavy (non-hydrogen) atoms. The Labute approximate surface area is 179 Å². The predicted octanol–water partition coefficient (Wildman–Crippen LogP) is 3.29. The Hall–Kier alpha value is -2.38. The zero-order chi connectivity index (χ0) is 21.6. The molecule has 0 aromatic heterocycles. The van der Waals surface area contributed by atoms with Crippen molar-refractivity contribution in [3.63, 3.8) is 0 Å². The zero-order valence-electron chi connectivity index (χ0n) is 17.8. The molecule has 1 N–H and O–H groups in total. The molecule has 0 atom stereocenters. The summed E-state index contributed by atoms with van der Waals surface area (Å²) in [6.45, 7) is 5.79. The number of carbonyl (C=O) groups excluding carboxylic acids is 1. The summed E-state index contributed by atoms with van der Waals surface area (Å²) >= 11 is 0. The van der Waals surface area contributed by atoms with Crippen LogP contribution < -0.4 is 5.32 Å². The monoisotopic (exact) mass is 429 g/mol. The quantitative estimate of drug-likeness (QED) is 0.733. The zero-order valence-corrected chi connectivity index (χ0v) is 18.6. The molecule has 2 amide bonds. The van der Waals surface area contributed by atoms with Gasteiger partial charge in [0, 0.05) is 45.0 Å². The molecule has 0 aliphatic carbocycles. The maximum Gasteiger partial charge on any atom is 0.317 e. The summed E-state index contributed by atoms with van der Waals surface area (Å²) in [6, 6.07) is 17.4. The topological polar surface area (TPSA) is 69.7 Å². The molecule has 3 rings (SSSR count). The molecule has 6 nitrogen and oxygen atoms in total. The summed E-state index contributed by atoms with van der Waals surface area (Å²) in [5.41, 5.74) is 2.24. The molecule has 1 aliphatic rings. The number of nitrogens with zero attached hydrogens (tertiary/aromatic N) is 2. The lowest BCUT2D eigenvalue weighted by Crippen LogP contribution is -2.50. The van der Waals surface area contributed by atoms with Crippen LogP contribution in [-0.2, 0) is 22.9 Å². The fourth-order valence-corrected chi connectivity index (χ4v) is 4.52. The van der Waals surface area contributed by atoms with Gasteiger partial charge in [-0.1, -0.05) is 42.5 Å². The van der Waals surface area contributed by atoms with Gasteiger partial charge < -0.3 is 10.2 Å². The number of hydrogen-bond donors (Lipinski definition) is 1. The molecule has 2 aromatic carbocycles. The average molecular weight is 430 g/mol. The first kappa shape index (κ1) is 22.3. The van der Waals surface area contributed by atoms with E-state index < -0.39 is 9.84 Å². The Bertz CT molecular complexity index is 922. The van der Waals surface area contributed by atoms with E-state index in [-0.39, 0.29) is 12.1 Å². The summed E-state index contributed by atoms with van der Waals surface area (Å²) in [7, 11) is -3.22. The van der Waals surface area contributed by atoms with Gasteiger partial charge in [-0.15, -0.1) is 0 Å². The molecule has 1 fully saturated rings. The summed E-state index contributed by atoms with van der Waals surface area (Å²) in [5, 5.41) is 2.93. The average Bonchev–Trinajstić information content (AvgIpc) is 2.73. The van der Waals surface area contributed by atoms with E-state index in [0.29, 0.717) is 18.0 Å². The van der Waals surface area contributed by atoms with Crippen LogP contribution in [0, 0.1) is 0 Å². The van der Waals surface area contributed by atoms with Gasteiger partial charge >= 0.3 is 6.03 Å². The Morgan fingerprint density at radius 3 is 2.23 bits per heavy atom. The minimum absolute atomic E-state index is 0.0637. The number of likely N-dealkylation sites (tertiary alicyclic amines) is 1. The first-order valence-corrected chi connectivity index (χ1v) is 12.4. The lowest BCUT2D eigenvalue weighted by atomic mass is 10.0. The molecule has 1 saturated heterocycles. The Kier molecular flexibility index (Phi) is 7.50. The van der Waals surface area contributed by atoms with E-state index >= 15 is 0 Å². The molecule has 1 aliphatic heterocycles. The van der Waals surface area contributed by atoms with Crippen molar-refractivity contribution >= 4 is 15.9 Å². The number of amides is 2. The summed E-state index contributed by atoms with van der Waals surface area (Å²) < 4.78 is 23.4. The summed E-state index contributed by atoms with van der Waals surface area (Å²) in [5.74, 6) is 0. The smallest absolute Gasteiger partial charge is 0.317 e. The maximum atomic E-state index is 12.8. The number of sulfone groups is 1. The van der Waals surface area contributed by atoms with E-state index in [1.54, 1.807) is 24.3 Å². The molecule has 0 radical (unpaired) electrons. The van der Waals surface area contributed by atoms with E-state index in [4.69, 9.17) is 0 Å². The van der Waals surface area contributed by atoms with Gasteiger partial charge in [-0.3, -0.25) is 4.90 Å². The second kappa shape index (κ2) is 10.1. The van der Waals surface area contributed by atoms with Gasteiger partial charge in [0.05, 0.1) is 4.90 Å². The van der Waals surface area contributed by atoms with Crippen LogP contribution in [0.2, 0.25) is 0 Å². The van der Waals surface area contributed by atoms with Crippen LogP contribution in [0.4, 0.5) is 4.79 Å². The molecule has 7 heteroatoms. The van der Waals surface area contributed by atoms with Crippen LogP contribution in [0.3, 0.4) is 0 Å². The van der Waals surface area contributed by atoms with Gasteiger partial charge in [0.2, 0.25) is 0 Å². The van der Waals surface area contributed by atoms with Crippen molar-refractivity contribution < 1.29 is 13.2 Å². The summed E-state index contributed by atoms with van der Waals surface area (Å²) in [6.07, 6.45) is 3.04. The first-order chi connectivity index (χ1) is 14.4. The largest absolute Gasteiger partial charge is 0.338 e. The number of rotatable bonds is 7. The van der Waals surface area contributed by atoms with Gasteiger partial charge in [-0.2, -0.15) is 0 Å². The highest BCUT2D eigenvalue weighted by Gasteiger charge is 2.28. The fourth-order valence-electron chi connectivity index (χ4n) is 3.89. The van der Waals surface area contributed by atoms with Crippen LogP contribution in [0.5, 0.6) is 0 Å². The Morgan fingerprint density at radius 1 is 1.03 bits per heavy atom. The molecule has 1 heterocycles. The highest BCUT2D eigenvalue weighted by Crippen LogP contribution is 2.21. The molecule has 0 saturated carbocycles. The van der Waals surface area contributed by atoms with Crippen LogP contribution >= 0.6 is 0 Å². The Balaban J connectivity index is 1.65. The van der Waals surface area contributed by atoms with Crippen molar-refractivity contribution in [2.24, 2.45) is 0 Å². The van der Waals surface area contributed by atoms with E-state index in [1.165, 1.54) is 11.8 Å². The highest BCUT2D eigenvalue weighted by molar-refractivity contribution is 7.90. The third-order valence-corrected chi connectivity index (χ3v) is 6.67. The van der Waals surface area contributed by atoms with Crippen LogP contribution in [0.25, 0.3) is 0 Å². The molecular weight excluding hydrogens is 398 g/mol. The standard InChI is InChI=1S/C23H31N3O3S/c1-3-24-23(27)26(18-20-9-11-22(12-10-20)30(2,28)29)21-13-15-25(16-14-21)17-19-7-5-4-6-8-19/h4-12,21H,3,13-18H2,1-2H3,(H,24,27). The van der Waals surface area contributed by atoms with Gasteiger partial charge in [0.25, 0.3) is 0 Å². The third kappa shape index (κ3) is 6.06.